The zero-order valence-corrected chi connectivity index (χ0v) is 12.0. The van der Waals surface area contributed by atoms with Crippen molar-refractivity contribution in [2.45, 2.75) is 6.42 Å². The van der Waals surface area contributed by atoms with Crippen LogP contribution < -0.4 is 10.2 Å². The predicted octanol–water partition coefficient (Wildman–Crippen LogP) is 3.48. The molecule has 0 unspecified atom stereocenters. The van der Waals surface area contributed by atoms with Gasteiger partial charge in [0, 0.05) is 12.2 Å². The number of hydrogen-bond donors (Lipinski definition) is 1. The van der Waals surface area contributed by atoms with Gasteiger partial charge in [0.25, 0.3) is 0 Å². The Balaban J connectivity index is 1.68. The molecule has 0 aromatic heterocycles. The third-order valence-electron chi connectivity index (χ3n) is 3.55. The minimum absolute atomic E-state index is 0.0275. The number of fused-ring (bicyclic) bond motifs is 1. The lowest BCUT2D eigenvalue weighted by Crippen LogP contribution is -2.34. The van der Waals surface area contributed by atoms with E-state index in [4.69, 9.17) is 11.6 Å². The first-order valence-electron chi connectivity index (χ1n) is 6.72. The molecule has 21 heavy (non-hydrogen) atoms. The largest absolute Gasteiger partial charge is 0.375 e. The number of benzene rings is 2. The molecule has 2 aromatic carbocycles. The summed E-state index contributed by atoms with van der Waals surface area (Å²) in [6.45, 7) is 0.816. The van der Waals surface area contributed by atoms with Gasteiger partial charge in [0.1, 0.15) is 5.82 Å². The topological polar surface area (TPSA) is 32.3 Å². The number of nitrogens with zero attached hydrogens (tertiary/aromatic N) is 1. The van der Waals surface area contributed by atoms with E-state index in [0.29, 0.717) is 12.2 Å². The molecule has 0 aliphatic carbocycles. The minimum atomic E-state index is -0.398. The molecular weight excluding hydrogens is 291 g/mol. The van der Waals surface area contributed by atoms with Crippen LogP contribution in [0.5, 0.6) is 0 Å². The van der Waals surface area contributed by atoms with Crippen LogP contribution in [0.4, 0.5) is 15.8 Å². The molecule has 3 nitrogen and oxygen atoms in total. The number of carbonyl (C=O) groups excluding carboxylic acids is 1. The van der Waals surface area contributed by atoms with Gasteiger partial charge in [-0.1, -0.05) is 29.8 Å². The number of hydrogen-bond acceptors (Lipinski definition) is 2. The number of amides is 1. The molecule has 0 bridgehead atoms. The third kappa shape index (κ3) is 2.85. The van der Waals surface area contributed by atoms with Gasteiger partial charge in [0.15, 0.2) is 0 Å². The monoisotopic (exact) mass is 304 g/mol. The average molecular weight is 305 g/mol. The van der Waals surface area contributed by atoms with Gasteiger partial charge in [-0.05, 0) is 36.2 Å². The standard InChI is InChI=1S/C16H14ClFN2O/c17-13-9-12(18)5-6-14(13)19-10-16(21)20-8-7-11-3-1-2-4-15(11)20/h1-6,9,19H,7-8,10H2. The van der Waals surface area contributed by atoms with Gasteiger partial charge in [0.05, 0.1) is 17.3 Å². The number of nitrogens with one attached hydrogen (secondary N) is 1. The maximum absolute atomic E-state index is 13.0. The van der Waals surface area contributed by atoms with Crippen LogP contribution in [0.25, 0.3) is 0 Å². The summed E-state index contributed by atoms with van der Waals surface area (Å²) in [5.41, 5.74) is 2.71. The molecule has 2 aromatic rings. The lowest BCUT2D eigenvalue weighted by atomic mass is 10.2. The second-order valence-corrected chi connectivity index (χ2v) is 5.31. The number of para-hydroxylation sites is 1. The van der Waals surface area contributed by atoms with E-state index >= 15 is 0 Å². The zero-order valence-electron chi connectivity index (χ0n) is 11.3. The van der Waals surface area contributed by atoms with E-state index in [9.17, 15) is 9.18 Å². The maximum Gasteiger partial charge on any atom is 0.246 e. The Morgan fingerprint density at radius 2 is 2.10 bits per heavy atom. The van der Waals surface area contributed by atoms with Crippen molar-refractivity contribution >= 4 is 28.9 Å². The summed E-state index contributed by atoms with van der Waals surface area (Å²) in [5, 5.41) is 3.23. The van der Waals surface area contributed by atoms with Gasteiger partial charge in [-0.15, -0.1) is 0 Å². The summed E-state index contributed by atoms with van der Waals surface area (Å²) in [4.78, 5) is 14.1. The van der Waals surface area contributed by atoms with Gasteiger partial charge in [-0.2, -0.15) is 0 Å². The van der Waals surface area contributed by atoms with E-state index in [2.05, 4.69) is 5.32 Å². The lowest BCUT2D eigenvalue weighted by Gasteiger charge is -2.18. The van der Waals surface area contributed by atoms with Crippen LogP contribution in [-0.2, 0) is 11.2 Å². The quantitative estimate of drug-likeness (QED) is 0.941. The molecule has 0 spiro atoms. The first-order valence-corrected chi connectivity index (χ1v) is 7.10. The molecule has 0 radical (unpaired) electrons. The van der Waals surface area contributed by atoms with Crippen molar-refractivity contribution in [1.82, 2.24) is 0 Å². The number of halogens is 2. The Morgan fingerprint density at radius 1 is 1.29 bits per heavy atom. The first kappa shape index (κ1) is 13.9. The lowest BCUT2D eigenvalue weighted by molar-refractivity contribution is -0.116. The van der Waals surface area contributed by atoms with Crippen molar-refractivity contribution in [2.75, 3.05) is 23.3 Å². The van der Waals surface area contributed by atoms with Crippen molar-refractivity contribution in [3.8, 4) is 0 Å². The molecule has 3 rings (SSSR count). The highest BCUT2D eigenvalue weighted by molar-refractivity contribution is 6.33. The highest BCUT2D eigenvalue weighted by Crippen LogP contribution is 2.28. The highest BCUT2D eigenvalue weighted by atomic mass is 35.5. The van der Waals surface area contributed by atoms with Crippen LogP contribution in [0.2, 0.25) is 5.02 Å². The normalized spacial score (nSPS) is 13.1. The predicted molar refractivity (Wildman–Crippen MR) is 82.4 cm³/mol. The number of carbonyl (C=O) groups is 1. The van der Waals surface area contributed by atoms with E-state index in [1.807, 2.05) is 24.3 Å². The van der Waals surface area contributed by atoms with Crippen molar-refractivity contribution in [3.05, 3.63) is 58.9 Å². The summed E-state index contributed by atoms with van der Waals surface area (Å²) in [6.07, 6.45) is 0.874. The number of rotatable bonds is 3. The van der Waals surface area contributed by atoms with Gasteiger partial charge in [-0.25, -0.2) is 4.39 Å². The molecule has 0 atom stereocenters. The third-order valence-corrected chi connectivity index (χ3v) is 3.86. The summed E-state index contributed by atoms with van der Waals surface area (Å²) in [5.74, 6) is -0.425. The van der Waals surface area contributed by atoms with Gasteiger partial charge in [0.2, 0.25) is 5.91 Å². The summed E-state index contributed by atoms with van der Waals surface area (Å²) >= 11 is 5.93. The van der Waals surface area contributed by atoms with Crippen molar-refractivity contribution < 1.29 is 9.18 Å². The summed E-state index contributed by atoms with van der Waals surface area (Å²) < 4.78 is 13.0. The fraction of sp³-hybridized carbons (Fsp3) is 0.188. The van der Waals surface area contributed by atoms with Crippen LogP contribution in [-0.4, -0.2) is 19.0 Å². The van der Waals surface area contributed by atoms with E-state index in [1.54, 1.807) is 4.90 Å². The number of anilines is 2. The zero-order chi connectivity index (χ0) is 14.8. The molecule has 5 heteroatoms. The van der Waals surface area contributed by atoms with Crippen LogP contribution in [0, 0.1) is 5.82 Å². The SMILES string of the molecule is O=C(CNc1ccc(F)cc1Cl)N1CCc2ccccc21. The minimum Gasteiger partial charge on any atom is -0.375 e. The van der Waals surface area contributed by atoms with Crippen LogP contribution in [0.15, 0.2) is 42.5 Å². The molecule has 0 saturated heterocycles. The van der Waals surface area contributed by atoms with E-state index in [-0.39, 0.29) is 17.5 Å². The van der Waals surface area contributed by atoms with Crippen LogP contribution in [0.1, 0.15) is 5.56 Å². The smallest absolute Gasteiger partial charge is 0.246 e. The van der Waals surface area contributed by atoms with Gasteiger partial charge in [-0.3, -0.25) is 4.79 Å². The molecule has 108 valence electrons. The van der Waals surface area contributed by atoms with E-state index in [0.717, 1.165) is 12.1 Å². The highest BCUT2D eigenvalue weighted by Gasteiger charge is 2.23. The average Bonchev–Trinajstić information content (AvgIpc) is 2.90. The summed E-state index contributed by atoms with van der Waals surface area (Å²) in [7, 11) is 0. The fourth-order valence-corrected chi connectivity index (χ4v) is 2.73. The Hall–Kier alpha value is -2.07. The Bertz CT molecular complexity index is 690. The maximum atomic E-state index is 13.0. The van der Waals surface area contributed by atoms with Crippen LogP contribution in [0.3, 0.4) is 0 Å². The second kappa shape index (κ2) is 5.74. The molecule has 1 aliphatic rings. The molecule has 1 heterocycles. The summed E-state index contributed by atoms with van der Waals surface area (Å²) in [6, 6.07) is 11.9. The fourth-order valence-electron chi connectivity index (χ4n) is 2.50. The van der Waals surface area contributed by atoms with Gasteiger partial charge >= 0.3 is 0 Å². The Morgan fingerprint density at radius 3 is 2.90 bits per heavy atom. The molecular formula is C16H14ClFN2O. The van der Waals surface area contributed by atoms with Crippen molar-refractivity contribution in [3.63, 3.8) is 0 Å². The van der Waals surface area contributed by atoms with E-state index in [1.165, 1.54) is 23.8 Å². The molecule has 0 fully saturated rings. The van der Waals surface area contributed by atoms with Crippen molar-refractivity contribution in [2.24, 2.45) is 0 Å². The molecule has 1 aliphatic heterocycles. The van der Waals surface area contributed by atoms with Gasteiger partial charge < -0.3 is 10.2 Å². The molecule has 1 amide bonds. The van der Waals surface area contributed by atoms with Crippen molar-refractivity contribution in [1.29, 1.82) is 0 Å². The van der Waals surface area contributed by atoms with E-state index < -0.39 is 5.82 Å². The molecule has 0 saturated carbocycles. The Kier molecular flexibility index (Phi) is 3.80. The van der Waals surface area contributed by atoms with Crippen LogP contribution >= 0.6 is 11.6 Å². The Labute approximate surface area is 127 Å². The first-order chi connectivity index (χ1) is 10.1. The molecule has 1 N–H and O–H groups in total. The second-order valence-electron chi connectivity index (χ2n) is 4.90.